The number of halogens is 1. The topological polar surface area (TPSA) is 29.5 Å². The molecule has 0 aliphatic carbocycles. The molecule has 1 aliphatic heterocycles. The number of allylic oxidation sites excluding steroid dienone is 1. The van der Waals surface area contributed by atoms with E-state index in [1.807, 2.05) is 31.2 Å². The standard InChI is InChI=1S/C17H17BrNO2.Y/c1-3-5-12-21-14-8-6-13(7-9-14)16-11-10-15(18)17(20)19(16)4-2;/h6-9,15H,4,10,12H2,1-2H3;/q-1;. The molecule has 5 heteroatoms. The maximum absolute atomic E-state index is 12.2. The van der Waals surface area contributed by atoms with Crippen LogP contribution in [-0.2, 0) is 37.5 Å². The number of benzene rings is 1. The molecule has 0 saturated heterocycles. The molecule has 1 heterocycles. The fraction of sp³-hybridized carbons (Fsp3) is 0.353. The summed E-state index contributed by atoms with van der Waals surface area (Å²) in [5.74, 6) is 6.50. The first-order valence-corrected chi connectivity index (χ1v) is 7.78. The predicted octanol–water partition coefficient (Wildman–Crippen LogP) is 3.25. The maximum Gasteiger partial charge on any atom is 0.236 e. The van der Waals surface area contributed by atoms with E-state index in [-0.39, 0.29) is 43.4 Å². The number of rotatable bonds is 4. The van der Waals surface area contributed by atoms with E-state index in [9.17, 15) is 4.79 Å². The normalized spacial score (nSPS) is 17.0. The molecule has 0 aromatic heterocycles. The second kappa shape index (κ2) is 9.50. The molecule has 1 aromatic carbocycles. The second-order valence-corrected chi connectivity index (χ2v) is 5.62. The van der Waals surface area contributed by atoms with E-state index in [0.717, 1.165) is 17.0 Å². The van der Waals surface area contributed by atoms with Crippen LogP contribution in [0.3, 0.4) is 0 Å². The van der Waals surface area contributed by atoms with Gasteiger partial charge in [-0.05, 0) is 26.0 Å². The van der Waals surface area contributed by atoms with Gasteiger partial charge in [0, 0.05) is 39.3 Å². The van der Waals surface area contributed by atoms with Gasteiger partial charge in [-0.3, -0.25) is 4.79 Å². The molecule has 1 atom stereocenters. The Morgan fingerprint density at radius 1 is 1.41 bits per heavy atom. The summed E-state index contributed by atoms with van der Waals surface area (Å²) in [6.07, 6.45) is 3.89. The van der Waals surface area contributed by atoms with Crippen LogP contribution in [0.25, 0.3) is 5.70 Å². The monoisotopic (exact) mass is 435 g/mol. The van der Waals surface area contributed by atoms with Crippen molar-refractivity contribution in [3.63, 3.8) is 0 Å². The summed E-state index contributed by atoms with van der Waals surface area (Å²) in [6, 6.07) is 7.67. The Labute approximate surface area is 165 Å². The van der Waals surface area contributed by atoms with E-state index in [0.29, 0.717) is 19.6 Å². The minimum atomic E-state index is -0.170. The number of hydrogen-bond donors (Lipinski definition) is 0. The third kappa shape index (κ3) is 4.68. The largest absolute Gasteiger partial charge is 0.481 e. The Hall–Kier alpha value is -0.626. The van der Waals surface area contributed by atoms with Crippen LogP contribution in [0.4, 0.5) is 0 Å². The van der Waals surface area contributed by atoms with Crippen molar-refractivity contribution in [2.24, 2.45) is 0 Å². The predicted molar refractivity (Wildman–Crippen MR) is 86.8 cm³/mol. The van der Waals surface area contributed by atoms with Crippen LogP contribution >= 0.6 is 15.9 Å². The van der Waals surface area contributed by atoms with Crippen molar-refractivity contribution in [2.75, 3.05) is 13.2 Å². The van der Waals surface area contributed by atoms with Gasteiger partial charge in [0.15, 0.2) is 0 Å². The van der Waals surface area contributed by atoms with Gasteiger partial charge in [-0.25, -0.2) is 6.08 Å². The molecule has 0 spiro atoms. The molecule has 3 nitrogen and oxygen atoms in total. The number of carbonyl (C=O) groups excluding carboxylic acids is 1. The van der Waals surface area contributed by atoms with E-state index >= 15 is 0 Å². The van der Waals surface area contributed by atoms with Gasteiger partial charge in [0.1, 0.15) is 12.4 Å². The fourth-order valence-electron chi connectivity index (χ4n) is 2.12. The van der Waals surface area contributed by atoms with Gasteiger partial charge in [0.05, 0.1) is 4.83 Å². The number of amides is 1. The molecule has 1 unspecified atom stereocenters. The van der Waals surface area contributed by atoms with Crippen LogP contribution in [-0.4, -0.2) is 28.8 Å². The molecule has 1 radical (unpaired) electrons. The van der Waals surface area contributed by atoms with Crippen LogP contribution < -0.4 is 4.74 Å². The van der Waals surface area contributed by atoms with E-state index in [4.69, 9.17) is 4.74 Å². The molecule has 113 valence electrons. The number of carbonyl (C=O) groups is 1. The third-order valence-electron chi connectivity index (χ3n) is 3.18. The zero-order chi connectivity index (χ0) is 15.2. The van der Waals surface area contributed by atoms with Gasteiger partial charge < -0.3 is 9.64 Å². The van der Waals surface area contributed by atoms with Crippen molar-refractivity contribution < 1.29 is 42.2 Å². The minimum absolute atomic E-state index is 0. The van der Waals surface area contributed by atoms with Crippen molar-refractivity contribution in [2.45, 2.75) is 25.1 Å². The minimum Gasteiger partial charge on any atom is -0.481 e. The van der Waals surface area contributed by atoms with Crippen LogP contribution in [0.15, 0.2) is 24.3 Å². The molecule has 0 N–H and O–H groups in total. The van der Waals surface area contributed by atoms with E-state index in [1.54, 1.807) is 11.8 Å². The average Bonchev–Trinajstić information content (AvgIpc) is 2.51. The first-order chi connectivity index (χ1) is 10.2. The smallest absolute Gasteiger partial charge is 0.236 e. The molecule has 0 bridgehead atoms. The first kappa shape index (κ1) is 19.4. The molecular weight excluding hydrogens is 419 g/mol. The van der Waals surface area contributed by atoms with Crippen molar-refractivity contribution in [1.82, 2.24) is 4.90 Å². The van der Waals surface area contributed by atoms with Crippen LogP contribution in [0, 0.1) is 17.9 Å². The second-order valence-electron chi connectivity index (χ2n) is 4.52. The first-order valence-electron chi connectivity index (χ1n) is 6.86. The SMILES string of the molecule is CC#CCOc1ccc(C2=[C-]CC(Br)C(=O)N2CC)cc1.[Y]. The third-order valence-corrected chi connectivity index (χ3v) is 3.90. The zero-order valence-corrected chi connectivity index (χ0v) is 17.2. The molecule has 1 amide bonds. The number of nitrogens with zero attached hydrogens (tertiary/aromatic N) is 1. The van der Waals surface area contributed by atoms with Crippen LogP contribution in [0.1, 0.15) is 25.8 Å². The number of hydrogen-bond acceptors (Lipinski definition) is 2. The Balaban J connectivity index is 0.00000242. The quantitative estimate of drug-likeness (QED) is 0.412. The molecule has 22 heavy (non-hydrogen) atoms. The van der Waals surface area contributed by atoms with Crippen LogP contribution in [0.5, 0.6) is 5.75 Å². The summed E-state index contributed by atoms with van der Waals surface area (Å²) in [4.78, 5) is 13.7. The summed E-state index contributed by atoms with van der Waals surface area (Å²) in [5.41, 5.74) is 1.82. The summed E-state index contributed by atoms with van der Waals surface area (Å²) in [7, 11) is 0. The summed E-state index contributed by atoms with van der Waals surface area (Å²) in [6.45, 7) is 4.76. The molecule has 1 aliphatic rings. The molecule has 0 saturated carbocycles. The van der Waals surface area contributed by atoms with Gasteiger partial charge in [-0.2, -0.15) is 5.56 Å². The Bertz CT molecular complexity index is 601. The number of ether oxygens (including phenoxy) is 1. The van der Waals surface area contributed by atoms with E-state index < -0.39 is 0 Å². The van der Waals surface area contributed by atoms with E-state index in [1.165, 1.54) is 0 Å². The summed E-state index contributed by atoms with van der Waals surface area (Å²) in [5, 5.41) is 0. The fourth-order valence-corrected chi connectivity index (χ4v) is 2.53. The summed E-state index contributed by atoms with van der Waals surface area (Å²) >= 11 is 3.38. The van der Waals surface area contributed by atoms with Crippen LogP contribution in [0.2, 0.25) is 0 Å². The van der Waals surface area contributed by atoms with Crippen molar-refractivity contribution in [3.8, 4) is 17.6 Å². The maximum atomic E-state index is 12.2. The number of alkyl halides is 1. The average molecular weight is 436 g/mol. The summed E-state index contributed by atoms with van der Waals surface area (Å²) < 4.78 is 5.49. The Kier molecular flexibility index (Phi) is 8.39. The van der Waals surface area contributed by atoms with Gasteiger partial charge in [-0.1, -0.05) is 28.3 Å². The Morgan fingerprint density at radius 3 is 2.68 bits per heavy atom. The van der Waals surface area contributed by atoms with Gasteiger partial charge in [0.25, 0.3) is 0 Å². The Morgan fingerprint density at radius 2 is 2.09 bits per heavy atom. The van der Waals surface area contributed by atoms with Gasteiger partial charge in [-0.15, -0.1) is 23.8 Å². The van der Waals surface area contributed by atoms with Crippen molar-refractivity contribution in [1.29, 1.82) is 0 Å². The van der Waals surface area contributed by atoms with Gasteiger partial charge >= 0.3 is 0 Å². The molecular formula is C17H17BrNO2Y-. The van der Waals surface area contributed by atoms with Crippen molar-refractivity contribution in [3.05, 3.63) is 35.9 Å². The van der Waals surface area contributed by atoms with Crippen molar-refractivity contribution >= 4 is 27.5 Å². The zero-order valence-electron chi connectivity index (χ0n) is 12.7. The molecule has 1 aromatic rings. The molecule has 2 rings (SSSR count). The van der Waals surface area contributed by atoms with E-state index in [2.05, 4.69) is 33.8 Å². The molecule has 0 fully saturated rings. The van der Waals surface area contributed by atoms with Gasteiger partial charge in [0.2, 0.25) is 5.91 Å².